The minimum absolute atomic E-state index is 0.142. The average Bonchev–Trinajstić information content (AvgIpc) is 2.86. The van der Waals surface area contributed by atoms with Crippen LogP contribution in [0.4, 0.5) is 0 Å². The van der Waals surface area contributed by atoms with Crippen molar-refractivity contribution in [1.82, 2.24) is 5.32 Å². The van der Waals surface area contributed by atoms with Crippen LogP contribution in [0.25, 0.3) is 0 Å². The van der Waals surface area contributed by atoms with E-state index in [0.29, 0.717) is 12.8 Å². The van der Waals surface area contributed by atoms with E-state index in [2.05, 4.69) is 19.2 Å². The predicted octanol–water partition coefficient (Wildman–Crippen LogP) is 0.478. The first kappa shape index (κ1) is 10.9. The van der Waals surface area contributed by atoms with Crippen LogP contribution in [-0.2, 0) is 14.6 Å². The molecule has 2 aliphatic carbocycles. The molecule has 0 spiro atoms. The first-order valence-electron chi connectivity index (χ1n) is 5.20. The highest BCUT2D eigenvalue weighted by Gasteiger charge is 2.60. The maximum absolute atomic E-state index is 11.8. The molecule has 15 heavy (non-hydrogen) atoms. The van der Waals surface area contributed by atoms with Crippen molar-refractivity contribution in [2.24, 2.45) is 5.41 Å². The Morgan fingerprint density at radius 1 is 1.33 bits per heavy atom. The maximum Gasteiger partial charge on any atom is 0.241 e. The molecule has 0 bridgehead atoms. The lowest BCUT2D eigenvalue weighted by molar-refractivity contribution is -0.121. The second-order valence-electron chi connectivity index (χ2n) is 5.49. The zero-order valence-electron chi connectivity index (χ0n) is 9.33. The normalized spacial score (nSPS) is 30.7. The van der Waals surface area contributed by atoms with Crippen molar-refractivity contribution in [1.29, 1.82) is 0 Å². The van der Waals surface area contributed by atoms with Crippen molar-refractivity contribution in [3.8, 4) is 0 Å². The van der Waals surface area contributed by atoms with Crippen LogP contribution in [0.2, 0.25) is 0 Å². The Balaban J connectivity index is 2.04. The van der Waals surface area contributed by atoms with E-state index < -0.39 is 14.6 Å². The molecule has 5 heteroatoms. The quantitative estimate of drug-likeness (QED) is 0.768. The molecule has 2 aliphatic rings. The number of rotatable bonds is 3. The summed E-state index contributed by atoms with van der Waals surface area (Å²) in [6.07, 6.45) is 3.05. The molecule has 0 aromatic rings. The summed E-state index contributed by atoms with van der Waals surface area (Å²) in [5.74, 6) is -0.291. The molecular weight excluding hydrogens is 214 g/mol. The number of carbonyl (C=O) groups is 1. The van der Waals surface area contributed by atoms with Gasteiger partial charge in [-0.25, -0.2) is 8.42 Å². The number of carbonyl (C=O) groups excluding carboxylic acids is 1. The van der Waals surface area contributed by atoms with Gasteiger partial charge in [-0.15, -0.1) is 0 Å². The zero-order chi connectivity index (χ0) is 11.5. The maximum atomic E-state index is 11.8. The zero-order valence-corrected chi connectivity index (χ0v) is 10.1. The molecule has 2 rings (SSSR count). The number of nitrogens with one attached hydrogen (secondary N) is 1. The number of hydrogen-bond acceptors (Lipinski definition) is 3. The van der Waals surface area contributed by atoms with Crippen LogP contribution in [0.5, 0.6) is 0 Å². The minimum Gasteiger partial charge on any atom is -0.351 e. The summed E-state index contributed by atoms with van der Waals surface area (Å²) in [5.41, 5.74) is 0.142. The molecule has 4 nitrogen and oxygen atoms in total. The molecule has 0 radical (unpaired) electrons. The van der Waals surface area contributed by atoms with Gasteiger partial charge in [0.15, 0.2) is 14.6 Å². The lowest BCUT2D eigenvalue weighted by Gasteiger charge is -2.14. The molecule has 0 aliphatic heterocycles. The molecule has 0 unspecified atom stereocenters. The molecule has 0 aromatic carbocycles. The van der Waals surface area contributed by atoms with E-state index in [1.54, 1.807) is 0 Å². The summed E-state index contributed by atoms with van der Waals surface area (Å²) in [6.45, 7) is 4.13. The van der Waals surface area contributed by atoms with E-state index in [4.69, 9.17) is 0 Å². The Labute approximate surface area is 90.3 Å². The van der Waals surface area contributed by atoms with Gasteiger partial charge in [-0.05, 0) is 24.7 Å². The van der Waals surface area contributed by atoms with Crippen LogP contribution in [0.1, 0.15) is 33.1 Å². The SMILES string of the molecule is CC1(C)C[C@@H]1NC(=O)C1(S(C)(=O)=O)CC1. The lowest BCUT2D eigenvalue weighted by Crippen LogP contribution is -2.43. The highest BCUT2D eigenvalue weighted by molar-refractivity contribution is 7.93. The molecule has 1 atom stereocenters. The summed E-state index contributed by atoms with van der Waals surface area (Å²) in [7, 11) is -3.26. The van der Waals surface area contributed by atoms with Gasteiger partial charge in [-0.1, -0.05) is 13.8 Å². The third kappa shape index (κ3) is 1.67. The fraction of sp³-hybridized carbons (Fsp3) is 0.900. The molecule has 0 heterocycles. The largest absolute Gasteiger partial charge is 0.351 e. The lowest BCUT2D eigenvalue weighted by atomic mass is 10.2. The Morgan fingerprint density at radius 2 is 1.80 bits per heavy atom. The summed E-state index contributed by atoms with van der Waals surface area (Å²) < 4.78 is 21.8. The van der Waals surface area contributed by atoms with E-state index >= 15 is 0 Å². The fourth-order valence-corrected chi connectivity index (χ4v) is 3.12. The molecule has 2 saturated carbocycles. The highest BCUT2D eigenvalue weighted by Crippen LogP contribution is 2.48. The van der Waals surface area contributed by atoms with Crippen molar-refractivity contribution < 1.29 is 13.2 Å². The number of sulfone groups is 1. The topological polar surface area (TPSA) is 63.2 Å². The van der Waals surface area contributed by atoms with E-state index in [0.717, 1.165) is 12.7 Å². The van der Waals surface area contributed by atoms with E-state index in [-0.39, 0.29) is 17.4 Å². The first-order valence-corrected chi connectivity index (χ1v) is 7.09. The standard InChI is InChI=1S/C10H17NO3S/c1-9(2)6-7(9)11-8(12)10(4-5-10)15(3,13)14/h7H,4-6H2,1-3H3,(H,11,12)/t7-/m0/s1. The van der Waals surface area contributed by atoms with Crippen LogP contribution in [-0.4, -0.2) is 31.4 Å². The van der Waals surface area contributed by atoms with Gasteiger partial charge in [0.25, 0.3) is 0 Å². The Morgan fingerprint density at radius 3 is 2.07 bits per heavy atom. The van der Waals surface area contributed by atoms with Crippen molar-refractivity contribution in [3.63, 3.8) is 0 Å². The third-order valence-corrected chi connectivity index (χ3v) is 5.66. The van der Waals surface area contributed by atoms with Gasteiger partial charge in [0, 0.05) is 12.3 Å². The van der Waals surface area contributed by atoms with Gasteiger partial charge in [-0.3, -0.25) is 4.79 Å². The smallest absolute Gasteiger partial charge is 0.241 e. The summed E-state index contributed by atoms with van der Waals surface area (Å²) in [6, 6.07) is 0.157. The Kier molecular flexibility index (Phi) is 2.00. The van der Waals surface area contributed by atoms with Crippen molar-refractivity contribution >= 4 is 15.7 Å². The Hall–Kier alpha value is -0.580. The van der Waals surface area contributed by atoms with Crippen molar-refractivity contribution in [2.45, 2.75) is 43.9 Å². The summed E-state index contributed by atoms with van der Waals surface area (Å²) in [5, 5.41) is 2.84. The van der Waals surface area contributed by atoms with E-state index in [1.165, 1.54) is 0 Å². The van der Waals surface area contributed by atoms with Gasteiger partial charge in [0.1, 0.15) is 0 Å². The third-order valence-electron chi connectivity index (χ3n) is 3.65. The predicted molar refractivity (Wildman–Crippen MR) is 57.1 cm³/mol. The van der Waals surface area contributed by atoms with E-state index in [9.17, 15) is 13.2 Å². The Bertz CT molecular complexity index is 406. The molecule has 0 saturated heterocycles. The van der Waals surface area contributed by atoms with Gasteiger partial charge >= 0.3 is 0 Å². The molecule has 0 aromatic heterocycles. The average molecular weight is 231 g/mol. The van der Waals surface area contributed by atoms with E-state index in [1.807, 2.05) is 0 Å². The monoisotopic (exact) mass is 231 g/mol. The number of amides is 1. The molecular formula is C10H17NO3S. The molecule has 2 fully saturated rings. The van der Waals surface area contributed by atoms with Crippen molar-refractivity contribution in [3.05, 3.63) is 0 Å². The van der Waals surface area contributed by atoms with Crippen LogP contribution < -0.4 is 5.32 Å². The van der Waals surface area contributed by atoms with Crippen molar-refractivity contribution in [2.75, 3.05) is 6.26 Å². The second-order valence-corrected chi connectivity index (χ2v) is 7.81. The fourth-order valence-electron chi connectivity index (χ4n) is 1.88. The molecule has 86 valence electrons. The van der Waals surface area contributed by atoms with Crippen LogP contribution in [0, 0.1) is 5.41 Å². The van der Waals surface area contributed by atoms with Crippen LogP contribution >= 0.6 is 0 Å². The summed E-state index contributed by atoms with van der Waals surface area (Å²) >= 11 is 0. The minimum atomic E-state index is -3.26. The van der Waals surface area contributed by atoms with Gasteiger partial charge < -0.3 is 5.32 Å². The van der Waals surface area contributed by atoms with Gasteiger partial charge in [0.2, 0.25) is 5.91 Å². The highest BCUT2D eigenvalue weighted by atomic mass is 32.2. The number of hydrogen-bond donors (Lipinski definition) is 1. The second kappa shape index (κ2) is 2.75. The van der Waals surface area contributed by atoms with Gasteiger partial charge in [-0.2, -0.15) is 0 Å². The summed E-state index contributed by atoms with van der Waals surface area (Å²) in [4.78, 5) is 11.8. The van der Waals surface area contributed by atoms with Gasteiger partial charge in [0.05, 0.1) is 0 Å². The van der Waals surface area contributed by atoms with Crippen LogP contribution in [0.3, 0.4) is 0 Å². The van der Waals surface area contributed by atoms with Crippen LogP contribution in [0.15, 0.2) is 0 Å². The first-order chi connectivity index (χ1) is 6.69. The molecule has 1 amide bonds. The molecule has 1 N–H and O–H groups in total.